The van der Waals surface area contributed by atoms with Crippen LogP contribution in [0, 0.1) is 0 Å². The molecule has 1 saturated carbocycles. The molecule has 2 amide bonds. The first-order valence-electron chi connectivity index (χ1n) is 12.1. The van der Waals surface area contributed by atoms with Crippen LogP contribution < -0.4 is 16.1 Å². The first kappa shape index (κ1) is 25.9. The van der Waals surface area contributed by atoms with Crippen LogP contribution in [0.2, 0.25) is 0 Å². The molecule has 9 nitrogen and oxygen atoms in total. The van der Waals surface area contributed by atoms with E-state index in [2.05, 4.69) is 34.5 Å². The average molecular weight is 509 g/mol. The van der Waals surface area contributed by atoms with Crippen LogP contribution in [0.1, 0.15) is 52.0 Å². The van der Waals surface area contributed by atoms with Gasteiger partial charge < -0.3 is 20.7 Å². The van der Waals surface area contributed by atoms with Crippen molar-refractivity contribution in [3.8, 4) is 0 Å². The van der Waals surface area contributed by atoms with E-state index >= 15 is 0 Å². The maximum absolute atomic E-state index is 13.4. The van der Waals surface area contributed by atoms with E-state index in [0.717, 1.165) is 30.9 Å². The fourth-order valence-electron chi connectivity index (χ4n) is 5.28. The number of rotatable bonds is 5. The zero-order valence-corrected chi connectivity index (χ0v) is 20.4. The minimum atomic E-state index is -4.58. The van der Waals surface area contributed by atoms with Gasteiger partial charge in [-0.15, -0.1) is 0 Å². The maximum atomic E-state index is 13.4. The van der Waals surface area contributed by atoms with Gasteiger partial charge in [0.15, 0.2) is 5.49 Å². The highest BCUT2D eigenvalue weighted by atomic mass is 19.4. The van der Waals surface area contributed by atoms with Crippen LogP contribution in [0.5, 0.6) is 0 Å². The Labute approximate surface area is 206 Å². The summed E-state index contributed by atoms with van der Waals surface area (Å²) < 4.78 is 40.5. The molecule has 0 radical (unpaired) electrons. The number of aromatic nitrogens is 2. The van der Waals surface area contributed by atoms with Gasteiger partial charge in [0, 0.05) is 30.9 Å². The Balaban J connectivity index is 1.61. The van der Waals surface area contributed by atoms with Crippen LogP contribution in [-0.4, -0.2) is 68.4 Å². The van der Waals surface area contributed by atoms with E-state index in [9.17, 15) is 28.0 Å². The van der Waals surface area contributed by atoms with Gasteiger partial charge in [-0.25, -0.2) is 4.98 Å². The standard InChI is InChI=1S/C24H31F3N6O3/c1-13(2)29-16-5-7-21(19(11-16)30-14(3)34)32-9-8-18(23(32)35)31-22-17-10-15(24(25,26)27)4-6-20(17)33(36)12-28-22/h4,6,10,12-13,16,18-19,21,29,36H,5,7-9,11H2,1-3H3,(H,30,34)/t16-,18+,19-,21+/m1/s1. The summed E-state index contributed by atoms with van der Waals surface area (Å²) in [6.07, 6.45) is -0.904. The molecule has 2 heterocycles. The van der Waals surface area contributed by atoms with Gasteiger partial charge in [-0.3, -0.25) is 14.6 Å². The number of benzene rings is 1. The lowest BCUT2D eigenvalue weighted by molar-refractivity contribution is -0.137. The van der Waals surface area contributed by atoms with Crippen molar-refractivity contribution in [2.75, 3.05) is 6.54 Å². The fraction of sp³-hybridized carbons (Fsp3) is 0.583. The summed E-state index contributed by atoms with van der Waals surface area (Å²) in [5.41, 5.74) is -0.839. The van der Waals surface area contributed by atoms with Crippen LogP contribution >= 0.6 is 0 Å². The summed E-state index contributed by atoms with van der Waals surface area (Å²) in [6, 6.07) is 2.19. The Morgan fingerprint density at radius 1 is 1.25 bits per heavy atom. The van der Waals surface area contributed by atoms with Gasteiger partial charge in [-0.1, -0.05) is 13.8 Å². The monoisotopic (exact) mass is 508 g/mol. The second-order valence-corrected chi connectivity index (χ2v) is 9.81. The van der Waals surface area contributed by atoms with Gasteiger partial charge in [0.25, 0.3) is 0 Å². The molecule has 2 aliphatic rings. The molecule has 0 unspecified atom stereocenters. The second-order valence-electron chi connectivity index (χ2n) is 9.81. The summed E-state index contributed by atoms with van der Waals surface area (Å²) in [5, 5.41) is 16.5. The van der Waals surface area contributed by atoms with Crippen molar-refractivity contribution >= 4 is 22.7 Å². The zero-order chi connectivity index (χ0) is 26.2. The summed E-state index contributed by atoms with van der Waals surface area (Å²) in [4.78, 5) is 35.4. The number of hydrogen-bond acceptors (Lipinski definition) is 6. The topological polar surface area (TPSA) is 112 Å². The van der Waals surface area contributed by atoms with Crippen molar-refractivity contribution in [1.29, 1.82) is 0 Å². The van der Waals surface area contributed by atoms with E-state index in [4.69, 9.17) is 0 Å². The van der Waals surface area contributed by atoms with Gasteiger partial charge >= 0.3 is 6.18 Å². The normalized spacial score (nSPS) is 25.7. The van der Waals surface area contributed by atoms with Crippen LogP contribution in [0.15, 0.2) is 29.5 Å². The smallest absolute Gasteiger partial charge is 0.416 e. The first-order valence-corrected chi connectivity index (χ1v) is 12.1. The summed E-state index contributed by atoms with van der Waals surface area (Å²) in [5.74, 6) is -0.408. The highest BCUT2D eigenvalue weighted by Crippen LogP contribution is 2.31. The lowest BCUT2D eigenvalue weighted by atomic mass is 9.85. The highest BCUT2D eigenvalue weighted by molar-refractivity contribution is 5.85. The van der Waals surface area contributed by atoms with Gasteiger partial charge in [-0.2, -0.15) is 17.9 Å². The number of likely N-dealkylation sites (tertiary alicyclic amines) is 1. The van der Waals surface area contributed by atoms with E-state index in [0.29, 0.717) is 36.6 Å². The second kappa shape index (κ2) is 10.1. The SMILES string of the molecule is CC(=O)N[C@@H]1C[C@H](NC(C)C)CC[C@@H]1N1CC[C@H](N=c2ncn(O)c3ccc(C(F)(F)F)cc23)C1=O. The Morgan fingerprint density at radius 2 is 2.00 bits per heavy atom. The summed E-state index contributed by atoms with van der Waals surface area (Å²) >= 11 is 0. The van der Waals surface area contributed by atoms with E-state index < -0.39 is 17.8 Å². The minimum Gasteiger partial charge on any atom is -0.427 e. The molecule has 4 rings (SSSR count). The Morgan fingerprint density at radius 3 is 2.67 bits per heavy atom. The summed E-state index contributed by atoms with van der Waals surface area (Å²) in [6.45, 7) is 6.00. The van der Waals surface area contributed by atoms with Crippen LogP contribution in [-0.2, 0) is 15.8 Å². The van der Waals surface area contributed by atoms with Crippen molar-refractivity contribution in [2.45, 2.75) is 82.8 Å². The number of halogens is 3. The molecule has 0 bridgehead atoms. The number of amides is 2. The molecular formula is C24H31F3N6O3. The van der Waals surface area contributed by atoms with E-state index in [1.807, 2.05) is 0 Å². The molecule has 2 fully saturated rings. The molecule has 1 aliphatic carbocycles. The molecule has 0 spiro atoms. The van der Waals surface area contributed by atoms with Crippen molar-refractivity contribution in [2.24, 2.45) is 4.99 Å². The molecule has 1 aromatic heterocycles. The van der Waals surface area contributed by atoms with Crippen LogP contribution in [0.3, 0.4) is 0 Å². The van der Waals surface area contributed by atoms with Crippen molar-refractivity contribution in [3.05, 3.63) is 35.6 Å². The van der Waals surface area contributed by atoms with E-state index in [-0.39, 0.29) is 46.3 Å². The first-order chi connectivity index (χ1) is 16.9. The third kappa shape index (κ3) is 5.48. The number of carbonyl (C=O) groups excluding carboxylic acids is 2. The predicted molar refractivity (Wildman–Crippen MR) is 125 cm³/mol. The number of hydrogen-bond donors (Lipinski definition) is 3. The Hall–Kier alpha value is -3.15. The third-order valence-corrected chi connectivity index (χ3v) is 6.76. The summed E-state index contributed by atoms with van der Waals surface area (Å²) in [7, 11) is 0. The number of fused-ring (bicyclic) bond motifs is 1. The molecule has 12 heteroatoms. The average Bonchev–Trinajstić information content (AvgIpc) is 3.14. The lowest BCUT2D eigenvalue weighted by Crippen LogP contribution is -2.58. The fourth-order valence-corrected chi connectivity index (χ4v) is 5.28. The molecule has 3 N–H and O–H groups in total. The molecule has 2 aromatic rings. The molecule has 4 atom stereocenters. The van der Waals surface area contributed by atoms with Crippen molar-refractivity contribution in [1.82, 2.24) is 25.2 Å². The van der Waals surface area contributed by atoms with E-state index in [1.165, 1.54) is 6.92 Å². The van der Waals surface area contributed by atoms with Crippen LogP contribution in [0.4, 0.5) is 13.2 Å². The van der Waals surface area contributed by atoms with Gasteiger partial charge in [0.05, 0.1) is 23.2 Å². The number of carbonyl (C=O) groups is 2. The van der Waals surface area contributed by atoms with Gasteiger partial charge in [0.1, 0.15) is 12.4 Å². The zero-order valence-electron chi connectivity index (χ0n) is 20.4. The van der Waals surface area contributed by atoms with Gasteiger partial charge in [0.2, 0.25) is 11.8 Å². The van der Waals surface area contributed by atoms with Crippen LogP contribution in [0.25, 0.3) is 10.9 Å². The number of alkyl halides is 3. The van der Waals surface area contributed by atoms with Crippen molar-refractivity contribution < 1.29 is 28.0 Å². The predicted octanol–water partition coefficient (Wildman–Crippen LogP) is 2.22. The third-order valence-electron chi connectivity index (χ3n) is 6.76. The van der Waals surface area contributed by atoms with Gasteiger partial charge in [-0.05, 0) is 43.9 Å². The molecular weight excluding hydrogens is 477 g/mol. The Bertz CT molecular complexity index is 1210. The molecule has 1 aliphatic heterocycles. The lowest BCUT2D eigenvalue weighted by Gasteiger charge is -2.42. The quantitative estimate of drug-likeness (QED) is 0.537. The molecule has 1 saturated heterocycles. The number of nitrogens with one attached hydrogen (secondary N) is 2. The molecule has 1 aromatic carbocycles. The maximum Gasteiger partial charge on any atom is 0.416 e. The minimum absolute atomic E-state index is 0.00235. The van der Waals surface area contributed by atoms with Crippen molar-refractivity contribution in [3.63, 3.8) is 0 Å². The molecule has 196 valence electrons. The van der Waals surface area contributed by atoms with E-state index in [1.54, 1.807) is 4.90 Å². The number of nitrogens with zero attached hydrogens (tertiary/aromatic N) is 4. The Kier molecular flexibility index (Phi) is 7.26. The molecule has 36 heavy (non-hydrogen) atoms. The highest BCUT2D eigenvalue weighted by Gasteiger charge is 2.42. The largest absolute Gasteiger partial charge is 0.427 e.